The van der Waals surface area contributed by atoms with Gasteiger partial charge in [-0.15, -0.1) is 0 Å². The number of rotatable bonds is 6. The molecule has 3 aliphatic rings. The molecular formula is C30H36N6O3. The zero-order valence-electron chi connectivity index (χ0n) is 22.6. The van der Waals surface area contributed by atoms with Crippen molar-refractivity contribution in [3.05, 3.63) is 60.3 Å². The van der Waals surface area contributed by atoms with E-state index in [9.17, 15) is 9.90 Å². The van der Waals surface area contributed by atoms with E-state index in [1.165, 1.54) is 6.08 Å². The number of fused-ring (bicyclic) bond motifs is 2. The number of amides is 1. The lowest BCUT2D eigenvalue weighted by atomic mass is 10.0. The van der Waals surface area contributed by atoms with Gasteiger partial charge in [-0.2, -0.15) is 9.97 Å². The summed E-state index contributed by atoms with van der Waals surface area (Å²) < 4.78 is 6.23. The monoisotopic (exact) mass is 528 g/mol. The number of carbonyl (C=O) groups is 1. The number of anilines is 2. The summed E-state index contributed by atoms with van der Waals surface area (Å²) >= 11 is 0. The van der Waals surface area contributed by atoms with Gasteiger partial charge in [0.05, 0.1) is 18.8 Å². The van der Waals surface area contributed by atoms with Gasteiger partial charge in [0.15, 0.2) is 0 Å². The standard InChI is InChI=1S/C30H36N6O3/c1-3-28(38)34-12-14-35(15-13-34)29-25-9-11-36(27-17-23(37)16-22-6-4-5-7-24(22)27)19-26(25)31-30(32-29)39-20-21-8-10-33(2)18-21/h3-7,16-17,21,37H,1,8-15,18-20H2,2H3/t21-/m0/s1. The minimum atomic E-state index is -0.0288. The van der Waals surface area contributed by atoms with Crippen LogP contribution >= 0.6 is 0 Å². The summed E-state index contributed by atoms with van der Waals surface area (Å²) in [5.41, 5.74) is 3.11. The summed E-state index contributed by atoms with van der Waals surface area (Å²) in [6.45, 7) is 10.4. The van der Waals surface area contributed by atoms with Gasteiger partial charge in [0.25, 0.3) is 0 Å². The normalized spacial score (nSPS) is 19.8. The minimum absolute atomic E-state index is 0.0288. The van der Waals surface area contributed by atoms with Crippen LogP contribution in [0, 0.1) is 5.92 Å². The van der Waals surface area contributed by atoms with E-state index < -0.39 is 0 Å². The molecule has 1 N–H and O–H groups in total. The molecule has 0 radical (unpaired) electrons. The summed E-state index contributed by atoms with van der Waals surface area (Å²) in [5, 5.41) is 12.6. The number of aromatic hydroxyl groups is 1. The lowest BCUT2D eigenvalue weighted by Gasteiger charge is -2.38. The van der Waals surface area contributed by atoms with Crippen LogP contribution in [-0.4, -0.2) is 90.2 Å². The van der Waals surface area contributed by atoms with Gasteiger partial charge >= 0.3 is 6.01 Å². The second-order valence-electron chi connectivity index (χ2n) is 10.9. The Hall–Kier alpha value is -3.85. The van der Waals surface area contributed by atoms with Gasteiger partial charge in [0, 0.05) is 67.9 Å². The average molecular weight is 529 g/mol. The second-order valence-corrected chi connectivity index (χ2v) is 10.9. The molecule has 1 aromatic heterocycles. The lowest BCUT2D eigenvalue weighted by molar-refractivity contribution is -0.126. The highest BCUT2D eigenvalue weighted by Crippen LogP contribution is 2.36. The van der Waals surface area contributed by atoms with Gasteiger partial charge in [-0.25, -0.2) is 0 Å². The van der Waals surface area contributed by atoms with Crippen LogP contribution in [0.15, 0.2) is 49.1 Å². The molecule has 0 saturated carbocycles. The van der Waals surface area contributed by atoms with E-state index in [-0.39, 0.29) is 11.7 Å². The third-order valence-electron chi connectivity index (χ3n) is 8.19. The molecule has 2 saturated heterocycles. The van der Waals surface area contributed by atoms with Crippen molar-refractivity contribution in [1.82, 2.24) is 19.8 Å². The number of nitrogens with zero attached hydrogens (tertiary/aromatic N) is 6. The highest BCUT2D eigenvalue weighted by atomic mass is 16.5. The Morgan fingerprint density at radius 1 is 1.10 bits per heavy atom. The van der Waals surface area contributed by atoms with E-state index in [4.69, 9.17) is 14.7 Å². The Morgan fingerprint density at radius 3 is 2.69 bits per heavy atom. The van der Waals surface area contributed by atoms with E-state index in [1.54, 1.807) is 6.07 Å². The van der Waals surface area contributed by atoms with E-state index in [0.29, 0.717) is 51.3 Å². The second kappa shape index (κ2) is 10.7. The highest BCUT2D eigenvalue weighted by Gasteiger charge is 2.29. The number of phenolic OH excluding ortho intramolecular Hbond substituents is 1. The fourth-order valence-corrected chi connectivity index (χ4v) is 6.08. The average Bonchev–Trinajstić information content (AvgIpc) is 3.39. The van der Waals surface area contributed by atoms with Crippen molar-refractivity contribution in [2.45, 2.75) is 19.4 Å². The Balaban J connectivity index is 1.30. The van der Waals surface area contributed by atoms with Crippen LogP contribution in [0.5, 0.6) is 11.8 Å². The summed E-state index contributed by atoms with van der Waals surface area (Å²) in [7, 11) is 2.14. The number of likely N-dealkylation sites (tertiary alicyclic amines) is 1. The highest BCUT2D eigenvalue weighted by molar-refractivity contribution is 5.95. The van der Waals surface area contributed by atoms with Crippen molar-refractivity contribution < 1.29 is 14.6 Å². The van der Waals surface area contributed by atoms with E-state index in [2.05, 4.69) is 34.4 Å². The van der Waals surface area contributed by atoms with Crippen LogP contribution in [0.2, 0.25) is 0 Å². The molecule has 9 heteroatoms. The molecule has 1 amide bonds. The van der Waals surface area contributed by atoms with Crippen LogP contribution in [0.4, 0.5) is 11.5 Å². The topological polar surface area (TPSA) is 85.3 Å². The number of hydrogen-bond acceptors (Lipinski definition) is 8. The number of aromatic nitrogens is 2. The van der Waals surface area contributed by atoms with E-state index in [0.717, 1.165) is 66.0 Å². The number of piperazine rings is 1. The van der Waals surface area contributed by atoms with Crippen LogP contribution < -0.4 is 14.5 Å². The maximum atomic E-state index is 12.1. The van der Waals surface area contributed by atoms with Gasteiger partial charge < -0.3 is 29.4 Å². The van der Waals surface area contributed by atoms with Crippen molar-refractivity contribution in [2.75, 3.05) is 69.3 Å². The molecule has 0 unspecified atom stereocenters. The molecule has 0 spiro atoms. The molecule has 9 nitrogen and oxygen atoms in total. The molecule has 4 heterocycles. The summed E-state index contributed by atoms with van der Waals surface area (Å²) in [6, 6.07) is 12.2. The summed E-state index contributed by atoms with van der Waals surface area (Å²) in [5.74, 6) is 1.63. The largest absolute Gasteiger partial charge is 0.508 e. The molecular weight excluding hydrogens is 492 g/mol. The number of phenols is 1. The molecule has 1 atom stereocenters. The lowest BCUT2D eigenvalue weighted by Crippen LogP contribution is -2.49. The smallest absolute Gasteiger partial charge is 0.318 e. The fraction of sp³-hybridized carbons (Fsp3) is 0.433. The SMILES string of the molecule is C=CC(=O)N1CCN(c2nc(OC[C@H]3CCN(C)C3)nc3c2CCN(c2cc(O)cc4ccccc24)C3)CC1. The predicted octanol–water partition coefficient (Wildman–Crippen LogP) is 3.06. The van der Waals surface area contributed by atoms with Crippen molar-refractivity contribution in [3.8, 4) is 11.8 Å². The molecule has 0 bridgehead atoms. The van der Waals surface area contributed by atoms with E-state index in [1.807, 2.05) is 29.2 Å². The van der Waals surface area contributed by atoms with Gasteiger partial charge in [-0.05, 0) is 44.0 Å². The molecule has 204 valence electrons. The van der Waals surface area contributed by atoms with Crippen molar-refractivity contribution in [2.24, 2.45) is 5.92 Å². The molecule has 6 rings (SSSR count). The Labute approximate surface area is 229 Å². The van der Waals surface area contributed by atoms with Gasteiger partial charge in [0.1, 0.15) is 11.6 Å². The molecule has 3 aromatic rings. The third kappa shape index (κ3) is 5.23. The molecule has 39 heavy (non-hydrogen) atoms. The zero-order chi connectivity index (χ0) is 26.9. The fourth-order valence-electron chi connectivity index (χ4n) is 6.08. The Morgan fingerprint density at radius 2 is 1.92 bits per heavy atom. The number of hydrogen-bond donors (Lipinski definition) is 1. The number of carbonyl (C=O) groups excluding carboxylic acids is 1. The van der Waals surface area contributed by atoms with Crippen molar-refractivity contribution in [1.29, 1.82) is 0 Å². The first-order valence-electron chi connectivity index (χ1n) is 13.8. The van der Waals surface area contributed by atoms with Gasteiger partial charge in [-0.3, -0.25) is 4.79 Å². The predicted molar refractivity (Wildman–Crippen MR) is 152 cm³/mol. The maximum absolute atomic E-state index is 12.1. The molecule has 2 aromatic carbocycles. The van der Waals surface area contributed by atoms with Crippen LogP contribution in [0.25, 0.3) is 10.8 Å². The van der Waals surface area contributed by atoms with Gasteiger partial charge in [-0.1, -0.05) is 30.8 Å². The first-order chi connectivity index (χ1) is 19.0. The van der Waals surface area contributed by atoms with Crippen LogP contribution in [0.1, 0.15) is 17.7 Å². The first-order valence-corrected chi connectivity index (χ1v) is 13.8. The van der Waals surface area contributed by atoms with Crippen LogP contribution in [-0.2, 0) is 17.8 Å². The van der Waals surface area contributed by atoms with Crippen molar-refractivity contribution >= 4 is 28.2 Å². The quantitative estimate of drug-likeness (QED) is 0.489. The van der Waals surface area contributed by atoms with Crippen molar-refractivity contribution in [3.63, 3.8) is 0 Å². The zero-order valence-corrected chi connectivity index (χ0v) is 22.6. The maximum Gasteiger partial charge on any atom is 0.318 e. The molecule has 2 fully saturated rings. The number of benzene rings is 2. The van der Waals surface area contributed by atoms with Crippen LogP contribution in [0.3, 0.4) is 0 Å². The molecule has 0 aliphatic carbocycles. The van der Waals surface area contributed by atoms with E-state index >= 15 is 0 Å². The molecule has 3 aliphatic heterocycles. The first kappa shape index (κ1) is 25.4. The minimum Gasteiger partial charge on any atom is -0.508 e. The Bertz CT molecular complexity index is 1390. The summed E-state index contributed by atoms with van der Waals surface area (Å²) in [4.78, 5) is 30.7. The van der Waals surface area contributed by atoms with Gasteiger partial charge in [0.2, 0.25) is 5.91 Å². The number of ether oxygens (including phenoxy) is 1. The Kier molecular flexibility index (Phi) is 6.99. The third-order valence-corrected chi connectivity index (χ3v) is 8.19. The summed E-state index contributed by atoms with van der Waals surface area (Å²) in [6.07, 6.45) is 3.29.